The Morgan fingerprint density at radius 3 is 2.15 bits per heavy atom. The largest absolute Gasteiger partial charge is 0.465 e. The van der Waals surface area contributed by atoms with Crippen molar-refractivity contribution >= 4 is 23.0 Å². The number of nitrogens with zero attached hydrogens (tertiary/aromatic N) is 3. The summed E-state index contributed by atoms with van der Waals surface area (Å²) in [5.41, 5.74) is 3.80. The van der Waals surface area contributed by atoms with Crippen LogP contribution in [-0.2, 0) is 4.74 Å². The van der Waals surface area contributed by atoms with Crippen molar-refractivity contribution in [2.24, 2.45) is 0 Å². The number of carbonyl (C=O) groups excluding carboxylic acids is 1. The molecule has 1 saturated heterocycles. The maximum absolute atomic E-state index is 11.9. The number of ether oxygens (including phenoxy) is 1. The Hall–Kier alpha value is -3.09. The van der Waals surface area contributed by atoms with Crippen LogP contribution in [0.2, 0.25) is 0 Å². The molecule has 1 fully saturated rings. The van der Waals surface area contributed by atoms with E-state index >= 15 is 0 Å². The van der Waals surface area contributed by atoms with Crippen molar-refractivity contribution < 1.29 is 14.5 Å². The fraction of sp³-hybridized carbons (Fsp3) is 0.350. The fourth-order valence-electron chi connectivity index (χ4n) is 3.52. The molecular formula is C20H23N3O4. The summed E-state index contributed by atoms with van der Waals surface area (Å²) in [5.74, 6) is -0.563. The number of anilines is 2. The second-order valence-electron chi connectivity index (χ2n) is 6.67. The molecule has 0 atom stereocenters. The van der Waals surface area contributed by atoms with Crippen molar-refractivity contribution in [1.29, 1.82) is 0 Å². The highest BCUT2D eigenvalue weighted by Crippen LogP contribution is 2.33. The lowest BCUT2D eigenvalue weighted by Crippen LogP contribution is -2.47. The number of nitro benzene ring substituents is 1. The Kier molecular flexibility index (Phi) is 5.30. The molecule has 0 bridgehead atoms. The Labute approximate surface area is 158 Å². The number of nitro groups is 1. The topological polar surface area (TPSA) is 75.9 Å². The monoisotopic (exact) mass is 369 g/mol. The molecule has 0 radical (unpaired) electrons. The lowest BCUT2D eigenvalue weighted by Gasteiger charge is -2.37. The Bertz CT molecular complexity index is 874. The first-order valence-electron chi connectivity index (χ1n) is 8.85. The van der Waals surface area contributed by atoms with E-state index in [0.717, 1.165) is 13.1 Å². The number of piperazine rings is 1. The van der Waals surface area contributed by atoms with Gasteiger partial charge in [-0.1, -0.05) is 18.2 Å². The number of hydrogen-bond donors (Lipinski definition) is 0. The third kappa shape index (κ3) is 3.72. The van der Waals surface area contributed by atoms with Crippen molar-refractivity contribution in [1.82, 2.24) is 0 Å². The van der Waals surface area contributed by atoms with Crippen LogP contribution in [-0.4, -0.2) is 44.2 Å². The Morgan fingerprint density at radius 1 is 1.00 bits per heavy atom. The molecular weight excluding hydrogens is 346 g/mol. The zero-order valence-electron chi connectivity index (χ0n) is 15.8. The minimum absolute atomic E-state index is 0.0645. The Morgan fingerprint density at radius 2 is 1.59 bits per heavy atom. The molecule has 0 N–H and O–H groups in total. The Balaban J connectivity index is 1.85. The van der Waals surface area contributed by atoms with Crippen LogP contribution in [0.3, 0.4) is 0 Å². The number of hydrogen-bond acceptors (Lipinski definition) is 6. The van der Waals surface area contributed by atoms with Gasteiger partial charge >= 0.3 is 5.97 Å². The first-order chi connectivity index (χ1) is 12.9. The summed E-state index contributed by atoms with van der Waals surface area (Å²) in [6, 6.07) is 11.3. The zero-order chi connectivity index (χ0) is 19.6. The van der Waals surface area contributed by atoms with Crippen LogP contribution in [0.1, 0.15) is 21.5 Å². The second kappa shape index (κ2) is 7.65. The van der Waals surface area contributed by atoms with Crippen LogP contribution < -0.4 is 9.80 Å². The van der Waals surface area contributed by atoms with Gasteiger partial charge in [-0.15, -0.1) is 0 Å². The van der Waals surface area contributed by atoms with E-state index in [2.05, 4.69) is 24.0 Å². The molecule has 7 heteroatoms. The maximum atomic E-state index is 11.9. The van der Waals surface area contributed by atoms with Crippen molar-refractivity contribution in [3.05, 3.63) is 63.2 Å². The number of aryl methyl sites for hydroxylation is 2. The molecule has 0 aliphatic carbocycles. The number of esters is 1. The van der Waals surface area contributed by atoms with Gasteiger partial charge in [0, 0.05) is 37.9 Å². The lowest BCUT2D eigenvalue weighted by atomic mass is 10.0. The number of methoxy groups -OCH3 is 1. The minimum Gasteiger partial charge on any atom is -0.465 e. The molecule has 0 amide bonds. The quantitative estimate of drug-likeness (QED) is 0.467. The summed E-state index contributed by atoms with van der Waals surface area (Å²) >= 11 is 0. The van der Waals surface area contributed by atoms with Gasteiger partial charge in [0.05, 0.1) is 17.6 Å². The highest BCUT2D eigenvalue weighted by molar-refractivity contribution is 5.93. The van der Waals surface area contributed by atoms with Crippen LogP contribution in [0.15, 0.2) is 36.4 Å². The molecule has 0 aromatic heterocycles. The van der Waals surface area contributed by atoms with Gasteiger partial charge < -0.3 is 14.5 Å². The van der Waals surface area contributed by atoms with Gasteiger partial charge in [0.1, 0.15) is 5.69 Å². The number of benzene rings is 2. The molecule has 2 aromatic carbocycles. The van der Waals surface area contributed by atoms with Gasteiger partial charge in [0.25, 0.3) is 5.69 Å². The van der Waals surface area contributed by atoms with E-state index in [9.17, 15) is 14.9 Å². The van der Waals surface area contributed by atoms with Crippen molar-refractivity contribution in [3.63, 3.8) is 0 Å². The minimum atomic E-state index is -0.563. The van der Waals surface area contributed by atoms with Gasteiger partial charge in [0.2, 0.25) is 0 Å². The van der Waals surface area contributed by atoms with E-state index in [1.807, 2.05) is 17.0 Å². The molecule has 27 heavy (non-hydrogen) atoms. The van der Waals surface area contributed by atoms with Gasteiger partial charge in [-0.25, -0.2) is 4.79 Å². The predicted octanol–water partition coefficient (Wildman–Crippen LogP) is 3.32. The van der Waals surface area contributed by atoms with Crippen LogP contribution in [0.4, 0.5) is 17.1 Å². The first kappa shape index (κ1) is 18.7. The molecule has 0 unspecified atom stereocenters. The van der Waals surface area contributed by atoms with Crippen LogP contribution in [0, 0.1) is 24.0 Å². The van der Waals surface area contributed by atoms with Crippen LogP contribution >= 0.6 is 0 Å². The average molecular weight is 369 g/mol. The molecule has 7 nitrogen and oxygen atoms in total. The zero-order valence-corrected chi connectivity index (χ0v) is 15.8. The third-order valence-electron chi connectivity index (χ3n) is 5.00. The fourth-order valence-corrected chi connectivity index (χ4v) is 3.52. The maximum Gasteiger partial charge on any atom is 0.338 e. The average Bonchev–Trinajstić information content (AvgIpc) is 2.67. The number of rotatable bonds is 4. The summed E-state index contributed by atoms with van der Waals surface area (Å²) < 4.78 is 4.73. The van der Waals surface area contributed by atoms with E-state index in [1.54, 1.807) is 13.0 Å². The van der Waals surface area contributed by atoms with Gasteiger partial charge in [0.15, 0.2) is 0 Å². The normalized spacial score (nSPS) is 14.2. The van der Waals surface area contributed by atoms with Crippen LogP contribution in [0.5, 0.6) is 0 Å². The van der Waals surface area contributed by atoms with E-state index < -0.39 is 10.9 Å². The third-order valence-corrected chi connectivity index (χ3v) is 5.00. The standard InChI is InChI=1S/C20H23N3O4/c1-14-6-4-5-7-17(14)21-8-10-22(11-9-21)18-12-15(2)16(20(24)27-3)13-19(18)23(25)26/h4-7,12-13H,8-11H2,1-3H3. The van der Waals surface area contributed by atoms with E-state index in [-0.39, 0.29) is 11.3 Å². The molecule has 142 valence electrons. The molecule has 1 aliphatic heterocycles. The van der Waals surface area contributed by atoms with E-state index in [0.29, 0.717) is 24.3 Å². The van der Waals surface area contributed by atoms with Gasteiger partial charge in [-0.05, 0) is 37.1 Å². The van der Waals surface area contributed by atoms with Gasteiger partial charge in [-0.3, -0.25) is 10.1 Å². The van der Waals surface area contributed by atoms with Crippen LogP contribution in [0.25, 0.3) is 0 Å². The van der Waals surface area contributed by atoms with Crippen molar-refractivity contribution in [2.45, 2.75) is 13.8 Å². The summed E-state index contributed by atoms with van der Waals surface area (Å²) in [4.78, 5) is 27.3. The molecule has 3 rings (SSSR count). The smallest absolute Gasteiger partial charge is 0.338 e. The summed E-state index contributed by atoms with van der Waals surface area (Å²) in [6.45, 7) is 6.75. The predicted molar refractivity (Wildman–Crippen MR) is 105 cm³/mol. The molecule has 1 aliphatic rings. The summed E-state index contributed by atoms with van der Waals surface area (Å²) in [6.07, 6.45) is 0. The summed E-state index contributed by atoms with van der Waals surface area (Å²) in [5, 5.41) is 11.6. The molecule has 0 spiro atoms. The summed E-state index contributed by atoms with van der Waals surface area (Å²) in [7, 11) is 1.27. The van der Waals surface area contributed by atoms with Gasteiger partial charge in [-0.2, -0.15) is 0 Å². The number of para-hydroxylation sites is 1. The lowest BCUT2D eigenvalue weighted by molar-refractivity contribution is -0.384. The van der Waals surface area contributed by atoms with E-state index in [4.69, 9.17) is 4.74 Å². The van der Waals surface area contributed by atoms with E-state index in [1.165, 1.54) is 24.4 Å². The molecule has 1 heterocycles. The highest BCUT2D eigenvalue weighted by atomic mass is 16.6. The molecule has 2 aromatic rings. The first-order valence-corrected chi connectivity index (χ1v) is 8.85. The van der Waals surface area contributed by atoms with Crippen molar-refractivity contribution in [2.75, 3.05) is 43.1 Å². The van der Waals surface area contributed by atoms with Crippen molar-refractivity contribution in [3.8, 4) is 0 Å². The molecule has 0 saturated carbocycles. The SMILES string of the molecule is COC(=O)c1cc([N+](=O)[O-])c(N2CCN(c3ccccc3C)CC2)cc1C. The highest BCUT2D eigenvalue weighted by Gasteiger charge is 2.27. The second-order valence-corrected chi connectivity index (χ2v) is 6.67. The number of carbonyl (C=O) groups is 1.